The molecule has 2 heterocycles. The van der Waals surface area contributed by atoms with Gasteiger partial charge in [0.25, 0.3) is 0 Å². The summed E-state index contributed by atoms with van der Waals surface area (Å²) in [6.45, 7) is 0. The maximum Gasteiger partial charge on any atom is 0.164 e. The van der Waals surface area contributed by atoms with Crippen molar-refractivity contribution >= 4 is 53.9 Å². The van der Waals surface area contributed by atoms with Crippen molar-refractivity contribution in [1.82, 2.24) is 19.9 Å². The molecule has 0 bridgehead atoms. The number of nitrogens with zero attached hydrogens (tertiary/aromatic N) is 4. The molecule has 0 atom stereocenters. The lowest BCUT2D eigenvalue weighted by Crippen LogP contribution is -2.00. The largest absolute Gasteiger partial charge is 0.264 e. The minimum atomic E-state index is 0.648. The van der Waals surface area contributed by atoms with Crippen LogP contribution in [0.1, 0.15) is 0 Å². The lowest BCUT2D eigenvalue weighted by Gasteiger charge is -2.13. The zero-order chi connectivity index (χ0) is 29.0. The van der Waals surface area contributed by atoms with E-state index in [1.807, 2.05) is 30.6 Å². The molecule has 7 aromatic carbocycles. The van der Waals surface area contributed by atoms with Gasteiger partial charge in [0.2, 0.25) is 0 Å². The summed E-state index contributed by atoms with van der Waals surface area (Å²) < 4.78 is 0. The maximum absolute atomic E-state index is 5.16. The molecule has 0 saturated carbocycles. The molecule has 4 nitrogen and oxygen atoms in total. The summed E-state index contributed by atoms with van der Waals surface area (Å²) in [7, 11) is 0. The highest BCUT2D eigenvalue weighted by Crippen LogP contribution is 2.36. The van der Waals surface area contributed by atoms with E-state index in [1.54, 1.807) is 0 Å². The molecule has 0 N–H and O–H groups in total. The first-order valence-electron chi connectivity index (χ1n) is 14.7. The van der Waals surface area contributed by atoms with Crippen LogP contribution in [0.15, 0.2) is 146 Å². The fraction of sp³-hybridized carbons (Fsp3) is 0. The van der Waals surface area contributed by atoms with Crippen molar-refractivity contribution in [2.45, 2.75) is 0 Å². The molecule has 4 heteroatoms. The molecule has 0 fully saturated rings. The molecule has 44 heavy (non-hydrogen) atoms. The summed E-state index contributed by atoms with van der Waals surface area (Å²) in [5.74, 6) is 1.96. The van der Waals surface area contributed by atoms with Gasteiger partial charge in [-0.05, 0) is 66.7 Å². The summed E-state index contributed by atoms with van der Waals surface area (Å²) >= 11 is 0. The standard InChI is InChI=1S/C40H24N4/c1-2-8-26(9-3-1)38-42-39(44-40(43-38)37-22-27-10-4-5-11-30(27)32-12-6-7-13-33(32)37)28-15-14-25-16-18-34-31-20-21-41-24-29(31)17-19-35(34)36(25)23-28/h1-24H. The van der Waals surface area contributed by atoms with E-state index < -0.39 is 0 Å². The first-order valence-corrected chi connectivity index (χ1v) is 14.7. The van der Waals surface area contributed by atoms with E-state index in [1.165, 1.54) is 32.3 Å². The molecule has 0 aliphatic carbocycles. The van der Waals surface area contributed by atoms with Crippen LogP contribution in [-0.2, 0) is 0 Å². The minimum Gasteiger partial charge on any atom is -0.264 e. The fourth-order valence-corrected chi connectivity index (χ4v) is 6.44. The van der Waals surface area contributed by atoms with Gasteiger partial charge in [-0.25, -0.2) is 15.0 Å². The smallest absolute Gasteiger partial charge is 0.164 e. The van der Waals surface area contributed by atoms with E-state index in [9.17, 15) is 0 Å². The van der Waals surface area contributed by atoms with Crippen LogP contribution in [0.25, 0.3) is 88.0 Å². The first-order chi connectivity index (χ1) is 21.8. The third-order valence-electron chi connectivity index (χ3n) is 8.57. The third-order valence-corrected chi connectivity index (χ3v) is 8.57. The third kappa shape index (κ3) is 3.92. The average molecular weight is 561 g/mol. The van der Waals surface area contributed by atoms with Crippen LogP contribution in [0.5, 0.6) is 0 Å². The van der Waals surface area contributed by atoms with Crippen LogP contribution >= 0.6 is 0 Å². The highest BCUT2D eigenvalue weighted by molar-refractivity contribution is 6.17. The topological polar surface area (TPSA) is 51.6 Å². The highest BCUT2D eigenvalue weighted by atomic mass is 15.0. The Kier molecular flexibility index (Phi) is 5.47. The van der Waals surface area contributed by atoms with Crippen molar-refractivity contribution in [3.8, 4) is 34.2 Å². The number of aromatic nitrogens is 4. The van der Waals surface area contributed by atoms with Gasteiger partial charge in [-0.3, -0.25) is 4.98 Å². The van der Waals surface area contributed by atoms with Gasteiger partial charge in [-0.1, -0.05) is 115 Å². The summed E-state index contributed by atoms with van der Waals surface area (Å²) in [4.78, 5) is 19.6. The van der Waals surface area contributed by atoms with Crippen LogP contribution in [0.2, 0.25) is 0 Å². The molecule has 0 aliphatic heterocycles. The molecule has 9 aromatic rings. The predicted octanol–water partition coefficient (Wildman–Crippen LogP) is 10.0. The van der Waals surface area contributed by atoms with Gasteiger partial charge in [0.15, 0.2) is 17.5 Å². The molecule has 9 rings (SSSR count). The Balaban J connectivity index is 1.31. The number of pyridine rings is 1. The second-order valence-electron chi connectivity index (χ2n) is 11.1. The SMILES string of the molecule is c1ccc(-c2nc(-c3ccc4ccc5c6ccncc6ccc5c4c3)nc(-c3cc4ccccc4c4ccccc34)n2)cc1. The molecule has 2 aromatic heterocycles. The Labute approximate surface area is 253 Å². The van der Waals surface area contributed by atoms with E-state index in [0.717, 1.165) is 38.2 Å². The quantitative estimate of drug-likeness (QED) is 0.202. The number of hydrogen-bond acceptors (Lipinski definition) is 4. The van der Waals surface area contributed by atoms with Crippen LogP contribution in [-0.4, -0.2) is 19.9 Å². The van der Waals surface area contributed by atoms with Crippen molar-refractivity contribution < 1.29 is 0 Å². The number of rotatable bonds is 3. The van der Waals surface area contributed by atoms with E-state index in [0.29, 0.717) is 17.5 Å². The average Bonchev–Trinajstić information content (AvgIpc) is 3.11. The van der Waals surface area contributed by atoms with Gasteiger partial charge in [0.05, 0.1) is 0 Å². The van der Waals surface area contributed by atoms with E-state index in [2.05, 4.69) is 120 Å². The van der Waals surface area contributed by atoms with Crippen molar-refractivity contribution in [1.29, 1.82) is 0 Å². The zero-order valence-corrected chi connectivity index (χ0v) is 23.6. The van der Waals surface area contributed by atoms with Gasteiger partial charge in [-0.15, -0.1) is 0 Å². The normalized spacial score (nSPS) is 11.6. The summed E-state index contributed by atoms with van der Waals surface area (Å²) in [6, 6.07) is 46.7. The highest BCUT2D eigenvalue weighted by Gasteiger charge is 2.16. The maximum atomic E-state index is 5.16. The molecule has 0 amide bonds. The van der Waals surface area contributed by atoms with Crippen molar-refractivity contribution in [3.63, 3.8) is 0 Å². The Hall–Kier alpha value is -6.00. The molecule has 0 saturated heterocycles. The van der Waals surface area contributed by atoms with E-state index >= 15 is 0 Å². The Bertz CT molecular complexity index is 2560. The van der Waals surface area contributed by atoms with Crippen LogP contribution < -0.4 is 0 Å². The summed E-state index contributed by atoms with van der Waals surface area (Å²) in [5.41, 5.74) is 2.89. The van der Waals surface area contributed by atoms with E-state index in [-0.39, 0.29) is 0 Å². The molecule has 0 unspecified atom stereocenters. The van der Waals surface area contributed by atoms with Crippen LogP contribution in [0.4, 0.5) is 0 Å². The van der Waals surface area contributed by atoms with E-state index in [4.69, 9.17) is 15.0 Å². The second kappa shape index (κ2) is 9.79. The zero-order valence-electron chi connectivity index (χ0n) is 23.6. The minimum absolute atomic E-state index is 0.648. The molecule has 0 radical (unpaired) electrons. The number of hydrogen-bond donors (Lipinski definition) is 0. The van der Waals surface area contributed by atoms with Gasteiger partial charge in [0.1, 0.15) is 0 Å². The Morgan fingerprint density at radius 2 is 0.955 bits per heavy atom. The Morgan fingerprint density at radius 3 is 1.82 bits per heavy atom. The number of benzene rings is 7. The predicted molar refractivity (Wildman–Crippen MR) is 181 cm³/mol. The van der Waals surface area contributed by atoms with Gasteiger partial charge < -0.3 is 0 Å². The summed E-state index contributed by atoms with van der Waals surface area (Å²) in [6.07, 6.45) is 3.78. The molecular formula is C40H24N4. The fourth-order valence-electron chi connectivity index (χ4n) is 6.44. The van der Waals surface area contributed by atoms with Crippen molar-refractivity contribution in [3.05, 3.63) is 146 Å². The van der Waals surface area contributed by atoms with Crippen LogP contribution in [0, 0.1) is 0 Å². The Morgan fingerprint density at radius 1 is 0.341 bits per heavy atom. The first kappa shape index (κ1) is 24.6. The van der Waals surface area contributed by atoms with Gasteiger partial charge in [0, 0.05) is 34.5 Å². The van der Waals surface area contributed by atoms with Crippen LogP contribution in [0.3, 0.4) is 0 Å². The summed E-state index contributed by atoms with van der Waals surface area (Å²) in [5, 5.41) is 11.7. The monoisotopic (exact) mass is 560 g/mol. The van der Waals surface area contributed by atoms with Crippen molar-refractivity contribution in [2.75, 3.05) is 0 Å². The molecule has 0 spiro atoms. The number of fused-ring (bicyclic) bond motifs is 8. The van der Waals surface area contributed by atoms with Gasteiger partial charge in [-0.2, -0.15) is 0 Å². The van der Waals surface area contributed by atoms with Gasteiger partial charge >= 0.3 is 0 Å². The molecule has 204 valence electrons. The second-order valence-corrected chi connectivity index (χ2v) is 11.1. The molecule has 0 aliphatic rings. The van der Waals surface area contributed by atoms with Crippen molar-refractivity contribution in [2.24, 2.45) is 0 Å². The lowest BCUT2D eigenvalue weighted by atomic mass is 9.96. The molecular weight excluding hydrogens is 536 g/mol. The lowest BCUT2D eigenvalue weighted by molar-refractivity contribution is 1.08.